The van der Waals surface area contributed by atoms with Crippen molar-refractivity contribution in [2.45, 2.75) is 52.5 Å². The highest BCUT2D eigenvalue weighted by Crippen LogP contribution is 2.29. The summed E-state index contributed by atoms with van der Waals surface area (Å²) in [6.07, 6.45) is 4.47. The molecule has 1 N–H and O–H groups in total. The third-order valence-electron chi connectivity index (χ3n) is 4.25. The molecule has 3 heterocycles. The molecular weight excluding hydrogens is 334 g/mol. The van der Waals surface area contributed by atoms with Crippen molar-refractivity contribution >= 4 is 28.3 Å². The van der Waals surface area contributed by atoms with Gasteiger partial charge in [-0.3, -0.25) is 4.79 Å². The fourth-order valence-electron chi connectivity index (χ4n) is 2.90. The second kappa shape index (κ2) is 7.78. The van der Waals surface area contributed by atoms with E-state index in [-0.39, 0.29) is 11.9 Å². The quantitative estimate of drug-likeness (QED) is 0.607. The van der Waals surface area contributed by atoms with Crippen LogP contribution in [0.25, 0.3) is 21.7 Å². The Balaban J connectivity index is 1.91. The minimum absolute atomic E-state index is 0.0968. The Morgan fingerprint density at radius 3 is 2.96 bits per heavy atom. The predicted molar refractivity (Wildman–Crippen MR) is 101 cm³/mol. The molecule has 3 rings (SSSR count). The lowest BCUT2D eigenvalue weighted by Crippen LogP contribution is -2.32. The van der Waals surface area contributed by atoms with Gasteiger partial charge in [-0.15, -0.1) is 11.3 Å². The van der Waals surface area contributed by atoms with Gasteiger partial charge in [0.1, 0.15) is 0 Å². The number of thiophene rings is 1. The van der Waals surface area contributed by atoms with E-state index in [9.17, 15) is 4.79 Å². The van der Waals surface area contributed by atoms with Crippen LogP contribution in [-0.2, 0) is 0 Å². The normalized spacial score (nSPS) is 12.4. The maximum atomic E-state index is 12.9. The second-order valence-corrected chi connectivity index (χ2v) is 7.30. The van der Waals surface area contributed by atoms with Gasteiger partial charge in [0.25, 0.3) is 11.6 Å². The highest BCUT2D eigenvalue weighted by Gasteiger charge is 2.20. The van der Waals surface area contributed by atoms with E-state index < -0.39 is 0 Å². The van der Waals surface area contributed by atoms with E-state index in [4.69, 9.17) is 4.52 Å². The third kappa shape index (κ3) is 3.90. The van der Waals surface area contributed by atoms with E-state index in [0.29, 0.717) is 22.4 Å². The van der Waals surface area contributed by atoms with Gasteiger partial charge in [-0.1, -0.05) is 37.4 Å². The van der Waals surface area contributed by atoms with Crippen molar-refractivity contribution in [1.82, 2.24) is 15.5 Å². The van der Waals surface area contributed by atoms with E-state index >= 15 is 0 Å². The monoisotopic (exact) mass is 357 g/mol. The zero-order valence-electron chi connectivity index (χ0n) is 14.8. The van der Waals surface area contributed by atoms with Crippen LogP contribution in [0, 0.1) is 6.92 Å². The molecule has 3 aromatic heterocycles. The van der Waals surface area contributed by atoms with Gasteiger partial charge in [0, 0.05) is 6.04 Å². The Bertz CT molecular complexity index is 855. The summed E-state index contributed by atoms with van der Waals surface area (Å²) in [6, 6.07) is 5.92. The summed E-state index contributed by atoms with van der Waals surface area (Å²) in [5, 5.41) is 9.77. The van der Waals surface area contributed by atoms with E-state index in [1.807, 2.05) is 37.4 Å². The van der Waals surface area contributed by atoms with Gasteiger partial charge in [-0.25, -0.2) is 4.98 Å². The number of aromatic nitrogens is 2. The summed E-state index contributed by atoms with van der Waals surface area (Å²) in [6.45, 7) is 6.06. The molecule has 0 aliphatic rings. The van der Waals surface area contributed by atoms with Crippen LogP contribution in [0.4, 0.5) is 0 Å². The van der Waals surface area contributed by atoms with Crippen LogP contribution in [0.15, 0.2) is 28.1 Å². The molecule has 132 valence electrons. The minimum atomic E-state index is -0.0968. The standard InChI is InChI=1S/C19H23N3O2S/c1-4-5-6-8-12(2)20-18(23)14-11-15(16-9-7-10-25-16)21-19-17(14)13(3)22-24-19/h7,9-12H,4-6,8H2,1-3H3,(H,20,23)/t12-/m0/s1. The summed E-state index contributed by atoms with van der Waals surface area (Å²) in [7, 11) is 0. The van der Waals surface area contributed by atoms with Gasteiger partial charge in [-0.2, -0.15) is 0 Å². The molecular formula is C19H23N3O2S. The predicted octanol–water partition coefficient (Wildman–Crippen LogP) is 4.96. The van der Waals surface area contributed by atoms with Crippen molar-refractivity contribution in [1.29, 1.82) is 0 Å². The van der Waals surface area contributed by atoms with Crippen molar-refractivity contribution in [3.05, 3.63) is 34.8 Å². The van der Waals surface area contributed by atoms with Crippen LogP contribution in [0.5, 0.6) is 0 Å². The molecule has 0 radical (unpaired) electrons. The molecule has 0 saturated heterocycles. The Labute approximate surface area is 151 Å². The maximum absolute atomic E-state index is 12.9. The molecule has 0 fully saturated rings. The zero-order chi connectivity index (χ0) is 17.8. The minimum Gasteiger partial charge on any atom is -0.350 e. The maximum Gasteiger partial charge on any atom is 0.259 e. The highest BCUT2D eigenvalue weighted by atomic mass is 32.1. The molecule has 1 atom stereocenters. The molecule has 25 heavy (non-hydrogen) atoms. The number of unbranched alkanes of at least 4 members (excludes halogenated alkanes) is 2. The van der Waals surface area contributed by atoms with Gasteiger partial charge < -0.3 is 9.84 Å². The van der Waals surface area contributed by atoms with Crippen LogP contribution in [-0.4, -0.2) is 22.1 Å². The van der Waals surface area contributed by atoms with Gasteiger partial charge in [-0.05, 0) is 37.8 Å². The summed E-state index contributed by atoms with van der Waals surface area (Å²) in [5.41, 5.74) is 2.41. The molecule has 0 unspecified atom stereocenters. The number of pyridine rings is 1. The smallest absolute Gasteiger partial charge is 0.259 e. The third-order valence-corrected chi connectivity index (χ3v) is 5.15. The number of amides is 1. The first-order valence-corrected chi connectivity index (χ1v) is 9.60. The Kier molecular flexibility index (Phi) is 5.48. The molecule has 0 saturated carbocycles. The summed E-state index contributed by atoms with van der Waals surface area (Å²) < 4.78 is 5.33. The second-order valence-electron chi connectivity index (χ2n) is 6.35. The van der Waals surface area contributed by atoms with Crippen molar-refractivity contribution in [2.75, 3.05) is 0 Å². The van der Waals surface area contributed by atoms with Crippen molar-refractivity contribution in [3.63, 3.8) is 0 Å². The first kappa shape index (κ1) is 17.6. The molecule has 0 aliphatic carbocycles. The Morgan fingerprint density at radius 2 is 2.24 bits per heavy atom. The Hall–Kier alpha value is -2.21. The fourth-order valence-corrected chi connectivity index (χ4v) is 3.58. The molecule has 0 bridgehead atoms. The Morgan fingerprint density at radius 1 is 1.40 bits per heavy atom. The van der Waals surface area contributed by atoms with Crippen LogP contribution < -0.4 is 5.32 Å². The number of carbonyl (C=O) groups excluding carboxylic acids is 1. The van der Waals surface area contributed by atoms with Crippen molar-refractivity contribution in [2.24, 2.45) is 0 Å². The topological polar surface area (TPSA) is 68.0 Å². The molecule has 0 aliphatic heterocycles. The number of carbonyl (C=O) groups is 1. The zero-order valence-corrected chi connectivity index (χ0v) is 15.7. The van der Waals surface area contributed by atoms with Crippen molar-refractivity contribution in [3.8, 4) is 10.6 Å². The summed E-state index contributed by atoms with van der Waals surface area (Å²) in [5.74, 6) is -0.0968. The van der Waals surface area contributed by atoms with Crippen LogP contribution in [0.1, 0.15) is 55.6 Å². The van der Waals surface area contributed by atoms with E-state index in [1.54, 1.807) is 11.3 Å². The average Bonchev–Trinajstić information content (AvgIpc) is 3.24. The van der Waals surface area contributed by atoms with E-state index in [2.05, 4.69) is 22.4 Å². The number of hydrogen-bond donors (Lipinski definition) is 1. The van der Waals surface area contributed by atoms with Gasteiger partial charge in [0.2, 0.25) is 0 Å². The highest BCUT2D eigenvalue weighted by molar-refractivity contribution is 7.13. The molecule has 1 amide bonds. The first-order chi connectivity index (χ1) is 12.1. The summed E-state index contributed by atoms with van der Waals surface area (Å²) >= 11 is 1.58. The molecule has 0 spiro atoms. The lowest BCUT2D eigenvalue weighted by Gasteiger charge is -2.14. The van der Waals surface area contributed by atoms with Crippen LogP contribution in [0.3, 0.4) is 0 Å². The van der Waals surface area contributed by atoms with Crippen LogP contribution in [0.2, 0.25) is 0 Å². The van der Waals surface area contributed by atoms with E-state index in [1.165, 1.54) is 12.8 Å². The lowest BCUT2D eigenvalue weighted by atomic mass is 10.1. The number of aryl methyl sites for hydroxylation is 1. The lowest BCUT2D eigenvalue weighted by molar-refractivity contribution is 0.0939. The number of fused-ring (bicyclic) bond motifs is 1. The largest absolute Gasteiger partial charge is 0.350 e. The number of nitrogens with one attached hydrogen (secondary N) is 1. The summed E-state index contributed by atoms with van der Waals surface area (Å²) in [4.78, 5) is 18.4. The number of hydrogen-bond acceptors (Lipinski definition) is 5. The SMILES string of the molecule is CCCCC[C@H](C)NC(=O)c1cc(-c2cccs2)nc2onc(C)c12. The molecule has 0 aromatic carbocycles. The van der Waals surface area contributed by atoms with E-state index in [0.717, 1.165) is 23.4 Å². The molecule has 5 nitrogen and oxygen atoms in total. The number of rotatable bonds is 7. The van der Waals surface area contributed by atoms with Crippen molar-refractivity contribution < 1.29 is 9.32 Å². The number of nitrogens with zero attached hydrogens (tertiary/aromatic N) is 2. The molecule has 3 aromatic rings. The fraction of sp³-hybridized carbons (Fsp3) is 0.421. The van der Waals surface area contributed by atoms with Gasteiger partial charge in [0.05, 0.1) is 27.2 Å². The first-order valence-electron chi connectivity index (χ1n) is 8.72. The van der Waals surface area contributed by atoms with Crippen LogP contribution >= 0.6 is 11.3 Å². The van der Waals surface area contributed by atoms with Gasteiger partial charge in [0.15, 0.2) is 0 Å². The van der Waals surface area contributed by atoms with Gasteiger partial charge >= 0.3 is 0 Å². The molecule has 6 heteroatoms. The average molecular weight is 357 g/mol.